The Morgan fingerprint density at radius 3 is 2.54 bits per heavy atom. The predicted octanol–water partition coefficient (Wildman–Crippen LogP) is 4.20. The fourth-order valence-corrected chi connectivity index (χ4v) is 6.36. The van der Waals surface area contributed by atoms with Crippen molar-refractivity contribution >= 4 is 28.1 Å². The molecule has 2 aliphatic rings. The molecule has 0 unspecified atom stereocenters. The van der Waals surface area contributed by atoms with Crippen LogP contribution in [0.2, 0.25) is 0 Å². The number of rotatable bonds is 9. The normalized spacial score (nSPS) is 19.1. The molecule has 0 spiro atoms. The number of urea groups is 1. The third-order valence-electron chi connectivity index (χ3n) is 6.98. The Hall–Kier alpha value is -2.44. The molecule has 11 heteroatoms. The molecule has 0 radical (unpaired) electrons. The summed E-state index contributed by atoms with van der Waals surface area (Å²) >= 11 is 0. The number of carbonyl (C=O) groups excluding carboxylic acids is 1. The number of hydrogen-bond acceptors (Lipinski definition) is 8. The van der Waals surface area contributed by atoms with Crippen LogP contribution < -0.4 is 15.5 Å². The number of aromatic nitrogens is 2. The van der Waals surface area contributed by atoms with Crippen molar-refractivity contribution in [3.63, 3.8) is 0 Å². The molecule has 1 atom stereocenters. The summed E-state index contributed by atoms with van der Waals surface area (Å²) < 4.78 is 27.0. The number of hydrogen-bond donors (Lipinski definition) is 4. The highest BCUT2D eigenvalue weighted by atomic mass is 32.3. The van der Waals surface area contributed by atoms with Gasteiger partial charge in [0, 0.05) is 42.2 Å². The monoisotopic (exact) mass is 532 g/mol. The van der Waals surface area contributed by atoms with Gasteiger partial charge in [0.25, 0.3) is 0 Å². The molecular formula is C26H40N6O4S. The minimum atomic E-state index is -2.90. The molecule has 10 nitrogen and oxygen atoms in total. The molecule has 1 aromatic carbocycles. The summed E-state index contributed by atoms with van der Waals surface area (Å²) in [5.41, 5.74) is 2.05. The average molecular weight is 533 g/mol. The van der Waals surface area contributed by atoms with E-state index in [9.17, 15) is 13.9 Å². The van der Waals surface area contributed by atoms with Crippen LogP contribution in [0.3, 0.4) is 0 Å². The second-order valence-electron chi connectivity index (χ2n) is 10.6. The Balaban J connectivity index is 1.62. The third-order valence-corrected chi connectivity index (χ3v) is 10.1. The van der Waals surface area contributed by atoms with Gasteiger partial charge in [0.05, 0.1) is 29.7 Å². The summed E-state index contributed by atoms with van der Waals surface area (Å²) in [6, 6.07) is 9.14. The van der Waals surface area contributed by atoms with Crippen molar-refractivity contribution in [1.82, 2.24) is 20.2 Å². The van der Waals surface area contributed by atoms with Crippen LogP contribution in [-0.2, 0) is 9.48 Å². The first-order valence-corrected chi connectivity index (χ1v) is 14.4. The van der Waals surface area contributed by atoms with Crippen LogP contribution in [0, 0.1) is 0 Å². The highest BCUT2D eigenvalue weighted by Gasteiger charge is 2.48. The number of nitrogens with one attached hydrogen (secondary N) is 2. The van der Waals surface area contributed by atoms with E-state index in [1.807, 2.05) is 63.2 Å². The van der Waals surface area contributed by atoms with Gasteiger partial charge in [-0.15, -0.1) is 0 Å². The lowest BCUT2D eigenvalue weighted by molar-refractivity contribution is 0.0985. The lowest BCUT2D eigenvalue weighted by atomic mass is 10.1. The van der Waals surface area contributed by atoms with E-state index in [1.54, 1.807) is 0 Å². The highest BCUT2D eigenvalue weighted by molar-refractivity contribution is 8.25. The zero-order valence-electron chi connectivity index (χ0n) is 22.4. The van der Waals surface area contributed by atoms with E-state index in [-0.39, 0.29) is 17.3 Å². The van der Waals surface area contributed by atoms with E-state index < -0.39 is 15.3 Å². The molecule has 1 saturated carbocycles. The molecule has 37 heavy (non-hydrogen) atoms. The van der Waals surface area contributed by atoms with Gasteiger partial charge in [-0.2, -0.15) is 10.6 Å². The Morgan fingerprint density at radius 2 is 1.92 bits per heavy atom. The highest BCUT2D eigenvalue weighted by Crippen LogP contribution is 2.67. The molecule has 2 fully saturated rings. The predicted molar refractivity (Wildman–Crippen MR) is 150 cm³/mol. The summed E-state index contributed by atoms with van der Waals surface area (Å²) in [5, 5.41) is 5.59. The standard InChI is InChI=1S/C26H40N6O4S/c1-18-17-36-15-14-32(18)23-16-22(26(2,3)37(34,35)21-10-11-21)29-24(30-23)19-6-8-20(9-7-19)28-25(33)27-12-13-31(4)5/h6-9,16,18,21,34-35H,10-15,17H2,1-5H3,(H2,27,28,33)/t18-/m0/s1. The Bertz CT molecular complexity index is 1090. The summed E-state index contributed by atoms with van der Waals surface area (Å²) in [6.45, 7) is 9.03. The fourth-order valence-electron chi connectivity index (χ4n) is 4.32. The van der Waals surface area contributed by atoms with Crippen LogP contribution in [0.5, 0.6) is 0 Å². The molecular weight excluding hydrogens is 492 g/mol. The lowest BCUT2D eigenvalue weighted by Crippen LogP contribution is -2.44. The topological polar surface area (TPSA) is 123 Å². The maximum atomic E-state index is 12.2. The molecule has 1 aliphatic carbocycles. The second-order valence-corrected chi connectivity index (χ2v) is 13.5. The quantitative estimate of drug-likeness (QED) is 0.379. The van der Waals surface area contributed by atoms with Gasteiger partial charge in [-0.05, 0) is 72.0 Å². The molecule has 2 amide bonds. The maximum absolute atomic E-state index is 12.2. The second kappa shape index (κ2) is 11.1. The first-order chi connectivity index (χ1) is 17.5. The first-order valence-electron chi connectivity index (χ1n) is 12.8. The number of carbonyl (C=O) groups is 1. The molecule has 2 heterocycles. The largest absolute Gasteiger partial charge is 0.377 e. The Morgan fingerprint density at radius 1 is 1.22 bits per heavy atom. The first kappa shape index (κ1) is 27.6. The number of nitrogens with zero attached hydrogens (tertiary/aromatic N) is 4. The molecule has 1 aromatic heterocycles. The van der Waals surface area contributed by atoms with Gasteiger partial charge in [-0.3, -0.25) is 9.11 Å². The number of morpholine rings is 1. The van der Waals surface area contributed by atoms with E-state index in [2.05, 4.69) is 22.5 Å². The van der Waals surface area contributed by atoms with E-state index in [0.717, 1.165) is 30.8 Å². The zero-order valence-corrected chi connectivity index (χ0v) is 23.2. The summed E-state index contributed by atoms with van der Waals surface area (Å²) in [6.07, 6.45) is 1.66. The van der Waals surface area contributed by atoms with Crippen LogP contribution in [0.1, 0.15) is 39.3 Å². The van der Waals surface area contributed by atoms with E-state index >= 15 is 0 Å². The van der Waals surface area contributed by atoms with Gasteiger partial charge in [0.1, 0.15) is 5.82 Å². The number of anilines is 2. The molecule has 2 aromatic rings. The van der Waals surface area contributed by atoms with Crippen molar-refractivity contribution in [3.8, 4) is 11.4 Å². The fraction of sp³-hybridized carbons (Fsp3) is 0.577. The van der Waals surface area contributed by atoms with Crippen molar-refractivity contribution in [3.05, 3.63) is 36.0 Å². The molecule has 1 saturated heterocycles. The summed E-state index contributed by atoms with van der Waals surface area (Å²) in [4.78, 5) is 26.1. The van der Waals surface area contributed by atoms with Crippen LogP contribution in [0.25, 0.3) is 11.4 Å². The minimum Gasteiger partial charge on any atom is -0.377 e. The van der Waals surface area contributed by atoms with Crippen molar-refractivity contribution in [2.75, 3.05) is 57.2 Å². The third kappa shape index (κ3) is 6.35. The summed E-state index contributed by atoms with van der Waals surface area (Å²) in [7, 11) is 1.01. The van der Waals surface area contributed by atoms with Gasteiger partial charge in [-0.1, -0.05) is 0 Å². The van der Waals surface area contributed by atoms with Crippen LogP contribution >= 0.6 is 10.6 Å². The van der Waals surface area contributed by atoms with Crippen molar-refractivity contribution < 1.29 is 18.6 Å². The number of likely N-dealkylation sites (N-methyl/N-ethyl adjacent to an activating group) is 1. The smallest absolute Gasteiger partial charge is 0.319 e. The lowest BCUT2D eigenvalue weighted by Gasteiger charge is -2.47. The Kier molecular flexibility index (Phi) is 8.29. The van der Waals surface area contributed by atoms with E-state index in [0.29, 0.717) is 43.5 Å². The van der Waals surface area contributed by atoms with Crippen molar-refractivity contribution in [2.45, 2.75) is 49.7 Å². The number of benzene rings is 1. The minimum absolute atomic E-state index is 0.0825. The molecule has 204 valence electrons. The van der Waals surface area contributed by atoms with Gasteiger partial charge < -0.3 is 25.2 Å². The van der Waals surface area contributed by atoms with Gasteiger partial charge in [0.15, 0.2) is 5.82 Å². The van der Waals surface area contributed by atoms with E-state index in [4.69, 9.17) is 14.7 Å². The van der Waals surface area contributed by atoms with Crippen molar-refractivity contribution in [2.24, 2.45) is 0 Å². The maximum Gasteiger partial charge on any atom is 0.319 e. The van der Waals surface area contributed by atoms with Crippen LogP contribution in [0.4, 0.5) is 16.3 Å². The van der Waals surface area contributed by atoms with Gasteiger partial charge in [0.2, 0.25) is 0 Å². The van der Waals surface area contributed by atoms with Gasteiger partial charge >= 0.3 is 6.03 Å². The van der Waals surface area contributed by atoms with Gasteiger partial charge in [-0.25, -0.2) is 14.8 Å². The average Bonchev–Trinajstić information content (AvgIpc) is 3.70. The Labute approximate surface area is 221 Å². The summed E-state index contributed by atoms with van der Waals surface area (Å²) in [5.74, 6) is 1.25. The van der Waals surface area contributed by atoms with Crippen LogP contribution in [0.15, 0.2) is 30.3 Å². The number of ether oxygens (including phenoxy) is 1. The zero-order chi connectivity index (χ0) is 26.8. The molecule has 4 N–H and O–H groups in total. The van der Waals surface area contributed by atoms with E-state index in [1.165, 1.54) is 0 Å². The SMILES string of the molecule is C[C@H]1COCCN1c1cc(C(C)(C)S(O)(O)C2CC2)nc(-c2ccc(NC(=O)NCCN(C)C)cc2)n1. The molecule has 1 aliphatic heterocycles. The molecule has 4 rings (SSSR count). The molecule has 0 bridgehead atoms. The number of amides is 2. The van der Waals surface area contributed by atoms with Crippen LogP contribution in [-0.4, -0.2) is 88.2 Å². The van der Waals surface area contributed by atoms with Crippen molar-refractivity contribution in [1.29, 1.82) is 0 Å².